The first-order valence-corrected chi connectivity index (χ1v) is 6.40. The van der Waals surface area contributed by atoms with E-state index < -0.39 is 0 Å². The smallest absolute Gasteiger partial charge is 0.152 e. The Labute approximate surface area is 105 Å². The molecule has 3 N–H and O–H groups in total. The van der Waals surface area contributed by atoms with Gasteiger partial charge in [0, 0.05) is 18.3 Å². The molecule has 2 fully saturated rings. The van der Waals surface area contributed by atoms with Gasteiger partial charge >= 0.3 is 0 Å². The van der Waals surface area contributed by atoms with Crippen LogP contribution >= 0.6 is 11.6 Å². The number of anilines is 2. The second-order valence-corrected chi connectivity index (χ2v) is 5.42. The molecule has 4 nitrogen and oxygen atoms in total. The number of aromatic nitrogens is 1. The van der Waals surface area contributed by atoms with Crippen LogP contribution in [0.25, 0.3) is 0 Å². The van der Waals surface area contributed by atoms with E-state index in [1.165, 1.54) is 0 Å². The maximum absolute atomic E-state index is 9.77. The molecule has 1 aromatic rings. The Morgan fingerprint density at radius 2 is 2.00 bits per heavy atom. The summed E-state index contributed by atoms with van der Waals surface area (Å²) in [5, 5.41) is 10.3. The van der Waals surface area contributed by atoms with Crippen molar-refractivity contribution in [2.75, 3.05) is 10.6 Å². The Balaban J connectivity index is 1.94. The summed E-state index contributed by atoms with van der Waals surface area (Å²) in [5.41, 5.74) is 6.62. The van der Waals surface area contributed by atoms with Gasteiger partial charge in [-0.3, -0.25) is 0 Å². The number of nitrogen functional groups attached to an aromatic ring is 1. The van der Waals surface area contributed by atoms with E-state index in [0.29, 0.717) is 22.8 Å². The molecule has 3 rings (SSSR count). The van der Waals surface area contributed by atoms with Crippen molar-refractivity contribution in [3.63, 3.8) is 0 Å². The highest BCUT2D eigenvalue weighted by atomic mass is 35.5. The summed E-state index contributed by atoms with van der Waals surface area (Å²) in [6, 6.07) is 2.49. The molecule has 3 heterocycles. The molecule has 2 atom stereocenters. The molecule has 0 amide bonds. The van der Waals surface area contributed by atoms with E-state index in [2.05, 4.69) is 9.88 Å². The second-order valence-electron chi connectivity index (χ2n) is 4.98. The van der Waals surface area contributed by atoms with E-state index in [-0.39, 0.29) is 6.10 Å². The largest absolute Gasteiger partial charge is 0.396 e. The van der Waals surface area contributed by atoms with Crippen molar-refractivity contribution in [3.8, 4) is 0 Å². The first kappa shape index (κ1) is 11.1. The zero-order chi connectivity index (χ0) is 12.0. The molecule has 5 heteroatoms. The van der Waals surface area contributed by atoms with Gasteiger partial charge in [-0.1, -0.05) is 11.6 Å². The molecule has 17 heavy (non-hydrogen) atoms. The van der Waals surface area contributed by atoms with Crippen molar-refractivity contribution in [3.05, 3.63) is 17.3 Å². The predicted octanol–water partition coefficient (Wildman–Crippen LogP) is 1.81. The third-order valence-corrected chi connectivity index (χ3v) is 4.02. The highest BCUT2D eigenvalue weighted by molar-refractivity contribution is 6.30. The maximum Gasteiger partial charge on any atom is 0.152 e. The second kappa shape index (κ2) is 4.03. The van der Waals surface area contributed by atoms with Crippen LogP contribution < -0.4 is 10.6 Å². The minimum atomic E-state index is -0.169. The summed E-state index contributed by atoms with van der Waals surface area (Å²) in [5.74, 6) is 0.828. The zero-order valence-electron chi connectivity index (χ0n) is 9.51. The molecule has 0 spiro atoms. The number of nitrogens with two attached hydrogens (primary N) is 1. The van der Waals surface area contributed by atoms with Crippen LogP contribution in [0.15, 0.2) is 12.3 Å². The number of piperidine rings is 1. The first-order valence-electron chi connectivity index (χ1n) is 6.02. The summed E-state index contributed by atoms with van der Waals surface area (Å²) < 4.78 is 0. The van der Waals surface area contributed by atoms with E-state index in [4.69, 9.17) is 17.3 Å². The van der Waals surface area contributed by atoms with Crippen molar-refractivity contribution in [1.82, 2.24) is 4.98 Å². The minimum absolute atomic E-state index is 0.169. The van der Waals surface area contributed by atoms with Crippen LogP contribution in [-0.2, 0) is 0 Å². The molecule has 0 radical (unpaired) electrons. The lowest BCUT2D eigenvalue weighted by Crippen LogP contribution is -2.45. The molecule has 0 saturated carbocycles. The third-order valence-electron chi connectivity index (χ3n) is 3.81. The van der Waals surface area contributed by atoms with E-state index >= 15 is 0 Å². The number of halogens is 1. The van der Waals surface area contributed by atoms with Gasteiger partial charge < -0.3 is 15.7 Å². The zero-order valence-corrected chi connectivity index (χ0v) is 10.3. The molecule has 2 bridgehead atoms. The SMILES string of the molecule is Nc1cc(Cl)cnc1N1C2CCC1CC(O)C2. The molecule has 2 saturated heterocycles. The third kappa shape index (κ3) is 1.85. The fourth-order valence-electron chi connectivity index (χ4n) is 3.16. The molecule has 92 valence electrons. The van der Waals surface area contributed by atoms with Gasteiger partial charge in [0.2, 0.25) is 0 Å². The highest BCUT2D eigenvalue weighted by Gasteiger charge is 2.41. The lowest BCUT2D eigenvalue weighted by Gasteiger charge is -2.38. The van der Waals surface area contributed by atoms with Crippen LogP contribution in [0, 0.1) is 0 Å². The number of fused-ring (bicyclic) bond motifs is 2. The molecule has 2 unspecified atom stereocenters. The quantitative estimate of drug-likeness (QED) is 0.801. The Morgan fingerprint density at radius 3 is 2.59 bits per heavy atom. The van der Waals surface area contributed by atoms with Gasteiger partial charge in [-0.25, -0.2) is 4.98 Å². The average molecular weight is 254 g/mol. The number of hydrogen-bond donors (Lipinski definition) is 2. The molecule has 0 aromatic carbocycles. The van der Waals surface area contributed by atoms with E-state index in [0.717, 1.165) is 31.5 Å². The Morgan fingerprint density at radius 1 is 1.35 bits per heavy atom. The molecule has 0 aliphatic carbocycles. The topological polar surface area (TPSA) is 62.4 Å². The number of nitrogens with zero attached hydrogens (tertiary/aromatic N) is 2. The van der Waals surface area contributed by atoms with Gasteiger partial charge in [-0.15, -0.1) is 0 Å². The first-order chi connectivity index (χ1) is 8.15. The Hall–Kier alpha value is -1.00. The van der Waals surface area contributed by atoms with Gasteiger partial charge in [0.05, 0.1) is 16.8 Å². The van der Waals surface area contributed by atoms with Crippen LogP contribution in [0.4, 0.5) is 11.5 Å². The molecule has 1 aromatic heterocycles. The lowest BCUT2D eigenvalue weighted by atomic mass is 10.00. The summed E-state index contributed by atoms with van der Waals surface area (Å²) in [6.07, 6.45) is 5.34. The van der Waals surface area contributed by atoms with Gasteiger partial charge in [0.15, 0.2) is 5.82 Å². The molecular weight excluding hydrogens is 238 g/mol. The van der Waals surface area contributed by atoms with Crippen LogP contribution in [0.5, 0.6) is 0 Å². The molecule has 2 aliphatic heterocycles. The monoisotopic (exact) mass is 253 g/mol. The molecule has 2 aliphatic rings. The van der Waals surface area contributed by atoms with E-state index in [9.17, 15) is 5.11 Å². The molecular formula is C12H16ClN3O. The summed E-state index contributed by atoms with van der Waals surface area (Å²) >= 11 is 5.87. The average Bonchev–Trinajstić information content (AvgIpc) is 2.53. The fraction of sp³-hybridized carbons (Fsp3) is 0.583. The summed E-state index contributed by atoms with van der Waals surface area (Å²) in [6.45, 7) is 0. The van der Waals surface area contributed by atoms with Crippen LogP contribution in [0.3, 0.4) is 0 Å². The maximum atomic E-state index is 9.77. The van der Waals surface area contributed by atoms with Crippen molar-refractivity contribution in [2.24, 2.45) is 0 Å². The van der Waals surface area contributed by atoms with Crippen LogP contribution in [-0.4, -0.2) is 28.3 Å². The van der Waals surface area contributed by atoms with E-state index in [1.807, 2.05) is 0 Å². The standard InChI is InChI=1S/C12H16ClN3O/c13-7-3-11(14)12(15-6-7)16-8-1-2-9(16)5-10(17)4-8/h3,6,8-10,17H,1-2,4-5,14H2. The Kier molecular flexibility index (Phi) is 2.64. The number of pyridine rings is 1. The van der Waals surface area contributed by atoms with Gasteiger partial charge in [0.1, 0.15) is 0 Å². The lowest BCUT2D eigenvalue weighted by molar-refractivity contribution is 0.126. The van der Waals surface area contributed by atoms with Gasteiger partial charge in [-0.05, 0) is 31.7 Å². The predicted molar refractivity (Wildman–Crippen MR) is 68.2 cm³/mol. The van der Waals surface area contributed by atoms with Crippen molar-refractivity contribution in [1.29, 1.82) is 0 Å². The summed E-state index contributed by atoms with van der Waals surface area (Å²) in [7, 11) is 0. The number of aliphatic hydroxyl groups is 1. The Bertz CT molecular complexity index is 426. The van der Waals surface area contributed by atoms with Crippen molar-refractivity contribution in [2.45, 2.75) is 43.9 Å². The number of aliphatic hydroxyl groups excluding tert-OH is 1. The van der Waals surface area contributed by atoms with Crippen LogP contribution in [0.2, 0.25) is 5.02 Å². The fourth-order valence-corrected chi connectivity index (χ4v) is 3.32. The number of hydrogen-bond acceptors (Lipinski definition) is 4. The van der Waals surface area contributed by atoms with Gasteiger partial charge in [0.25, 0.3) is 0 Å². The van der Waals surface area contributed by atoms with Gasteiger partial charge in [-0.2, -0.15) is 0 Å². The van der Waals surface area contributed by atoms with Crippen LogP contribution in [0.1, 0.15) is 25.7 Å². The van der Waals surface area contributed by atoms with E-state index in [1.54, 1.807) is 12.3 Å². The normalized spacial score (nSPS) is 31.9. The number of rotatable bonds is 1. The van der Waals surface area contributed by atoms with Crippen molar-refractivity contribution >= 4 is 23.1 Å². The summed E-state index contributed by atoms with van der Waals surface area (Å²) in [4.78, 5) is 6.63. The highest BCUT2D eigenvalue weighted by Crippen LogP contribution is 2.40. The van der Waals surface area contributed by atoms with Crippen molar-refractivity contribution < 1.29 is 5.11 Å². The minimum Gasteiger partial charge on any atom is -0.396 e.